The molecule has 7 nitrogen and oxygen atoms in total. The molecule has 3 rings (SSSR count). The minimum Gasteiger partial charge on any atom is -0.374 e. The fourth-order valence-electron chi connectivity index (χ4n) is 3.02. The van der Waals surface area contributed by atoms with Crippen molar-refractivity contribution >= 4 is 11.6 Å². The van der Waals surface area contributed by atoms with Gasteiger partial charge in [0.2, 0.25) is 0 Å². The number of rotatable bonds is 6. The summed E-state index contributed by atoms with van der Waals surface area (Å²) in [6.07, 6.45) is -0.140. The number of para-hydroxylation sites is 1. The van der Waals surface area contributed by atoms with Gasteiger partial charge in [0.15, 0.2) is 0 Å². The van der Waals surface area contributed by atoms with Crippen LogP contribution in [0.2, 0.25) is 0 Å². The van der Waals surface area contributed by atoms with Crippen molar-refractivity contribution in [2.75, 3.05) is 26.2 Å². The van der Waals surface area contributed by atoms with Crippen LogP contribution >= 0.6 is 0 Å². The molecule has 26 heavy (non-hydrogen) atoms. The molecule has 0 radical (unpaired) electrons. The van der Waals surface area contributed by atoms with E-state index in [9.17, 15) is 14.9 Å². The molecule has 2 aromatic rings. The first-order chi connectivity index (χ1) is 12.6. The standard InChI is InChI=1S/C19H21N3O4/c23-19(17-8-4-5-9-18(17)22(24)25)20-12-16-14-21(10-11-26-16)13-15-6-2-1-3-7-15/h1-9,16H,10-14H2,(H,20,23). The summed E-state index contributed by atoms with van der Waals surface area (Å²) in [7, 11) is 0. The number of nitrogens with one attached hydrogen (secondary N) is 1. The number of hydrogen-bond donors (Lipinski definition) is 1. The largest absolute Gasteiger partial charge is 0.374 e. The van der Waals surface area contributed by atoms with E-state index in [1.54, 1.807) is 12.1 Å². The molecule has 1 N–H and O–H groups in total. The second kappa shape index (κ2) is 8.55. The number of carbonyl (C=O) groups is 1. The van der Waals surface area contributed by atoms with Crippen LogP contribution < -0.4 is 5.32 Å². The third kappa shape index (κ3) is 4.65. The van der Waals surface area contributed by atoms with Gasteiger partial charge in [0, 0.05) is 32.2 Å². The molecule has 136 valence electrons. The van der Waals surface area contributed by atoms with Crippen LogP contribution in [0.25, 0.3) is 0 Å². The monoisotopic (exact) mass is 355 g/mol. The summed E-state index contributed by atoms with van der Waals surface area (Å²) in [5, 5.41) is 13.8. The molecular formula is C19H21N3O4. The highest BCUT2D eigenvalue weighted by atomic mass is 16.6. The predicted octanol–water partition coefficient (Wildman–Crippen LogP) is 2.23. The second-order valence-corrected chi connectivity index (χ2v) is 6.20. The van der Waals surface area contributed by atoms with Gasteiger partial charge in [-0.2, -0.15) is 0 Å². The molecule has 1 unspecified atom stereocenters. The maximum absolute atomic E-state index is 12.3. The smallest absolute Gasteiger partial charge is 0.282 e. The van der Waals surface area contributed by atoms with E-state index in [1.165, 1.54) is 17.7 Å². The molecule has 0 spiro atoms. The Morgan fingerprint density at radius 2 is 1.92 bits per heavy atom. The highest BCUT2D eigenvalue weighted by Crippen LogP contribution is 2.17. The zero-order valence-electron chi connectivity index (χ0n) is 14.3. The zero-order chi connectivity index (χ0) is 18.4. The van der Waals surface area contributed by atoms with Crippen molar-refractivity contribution < 1.29 is 14.5 Å². The van der Waals surface area contributed by atoms with E-state index in [0.717, 1.165) is 13.1 Å². The van der Waals surface area contributed by atoms with Gasteiger partial charge in [-0.1, -0.05) is 42.5 Å². The Morgan fingerprint density at radius 1 is 1.19 bits per heavy atom. The van der Waals surface area contributed by atoms with Crippen LogP contribution in [-0.2, 0) is 11.3 Å². The highest BCUT2D eigenvalue weighted by Gasteiger charge is 2.23. The molecule has 2 aromatic carbocycles. The average molecular weight is 355 g/mol. The number of benzene rings is 2. The van der Waals surface area contributed by atoms with Gasteiger partial charge in [-0.15, -0.1) is 0 Å². The Balaban J connectivity index is 1.54. The van der Waals surface area contributed by atoms with Gasteiger partial charge in [0.25, 0.3) is 11.6 Å². The van der Waals surface area contributed by atoms with Gasteiger partial charge in [-0.05, 0) is 11.6 Å². The van der Waals surface area contributed by atoms with Crippen molar-refractivity contribution in [1.29, 1.82) is 0 Å². The Bertz CT molecular complexity index is 766. The SMILES string of the molecule is O=C(NCC1CN(Cc2ccccc2)CCO1)c1ccccc1[N+](=O)[O-]. The first kappa shape index (κ1) is 18.0. The van der Waals surface area contributed by atoms with Gasteiger partial charge >= 0.3 is 0 Å². The Morgan fingerprint density at radius 3 is 2.69 bits per heavy atom. The van der Waals surface area contributed by atoms with Crippen LogP contribution in [-0.4, -0.2) is 48.1 Å². The lowest BCUT2D eigenvalue weighted by molar-refractivity contribution is -0.385. The van der Waals surface area contributed by atoms with Crippen LogP contribution in [0.3, 0.4) is 0 Å². The van der Waals surface area contributed by atoms with Crippen molar-refractivity contribution in [2.45, 2.75) is 12.6 Å². The highest BCUT2D eigenvalue weighted by molar-refractivity contribution is 5.98. The fraction of sp³-hybridized carbons (Fsp3) is 0.316. The summed E-state index contributed by atoms with van der Waals surface area (Å²) in [5.74, 6) is -0.457. The number of morpholine rings is 1. The van der Waals surface area contributed by atoms with Gasteiger partial charge < -0.3 is 10.1 Å². The van der Waals surface area contributed by atoms with E-state index in [1.807, 2.05) is 18.2 Å². The average Bonchev–Trinajstić information content (AvgIpc) is 2.67. The second-order valence-electron chi connectivity index (χ2n) is 6.20. The van der Waals surface area contributed by atoms with E-state index in [4.69, 9.17) is 4.74 Å². The van der Waals surface area contributed by atoms with Crippen molar-refractivity contribution in [3.63, 3.8) is 0 Å². The van der Waals surface area contributed by atoms with E-state index in [2.05, 4.69) is 22.3 Å². The molecule has 1 aliphatic heterocycles. The number of carbonyl (C=O) groups excluding carboxylic acids is 1. The van der Waals surface area contributed by atoms with Gasteiger partial charge in [0.05, 0.1) is 17.6 Å². The maximum atomic E-state index is 12.3. The number of nitrogens with zero attached hydrogens (tertiary/aromatic N) is 2. The minimum atomic E-state index is -0.548. The van der Waals surface area contributed by atoms with Crippen molar-refractivity contribution in [3.8, 4) is 0 Å². The molecule has 0 aliphatic carbocycles. The summed E-state index contributed by atoms with van der Waals surface area (Å²) in [5.41, 5.74) is 1.10. The van der Waals surface area contributed by atoms with Crippen LogP contribution in [0.5, 0.6) is 0 Å². The number of amides is 1. The summed E-state index contributed by atoms with van der Waals surface area (Å²) >= 11 is 0. The summed E-state index contributed by atoms with van der Waals surface area (Å²) in [4.78, 5) is 25.1. The molecule has 0 saturated carbocycles. The quantitative estimate of drug-likeness (QED) is 0.634. The van der Waals surface area contributed by atoms with Crippen LogP contribution in [0, 0.1) is 10.1 Å². The minimum absolute atomic E-state index is 0.0643. The molecule has 1 saturated heterocycles. The topological polar surface area (TPSA) is 84.7 Å². The Kier molecular flexibility index (Phi) is 5.93. The maximum Gasteiger partial charge on any atom is 0.282 e. The van der Waals surface area contributed by atoms with E-state index >= 15 is 0 Å². The number of nitro benzene ring substituents is 1. The van der Waals surface area contributed by atoms with Crippen molar-refractivity contribution in [3.05, 3.63) is 75.8 Å². The number of hydrogen-bond acceptors (Lipinski definition) is 5. The lowest BCUT2D eigenvalue weighted by Gasteiger charge is -2.33. The molecule has 1 atom stereocenters. The van der Waals surface area contributed by atoms with Crippen LogP contribution in [0.1, 0.15) is 15.9 Å². The fourth-order valence-corrected chi connectivity index (χ4v) is 3.02. The van der Waals surface area contributed by atoms with Crippen LogP contribution in [0.15, 0.2) is 54.6 Å². The van der Waals surface area contributed by atoms with Crippen molar-refractivity contribution in [1.82, 2.24) is 10.2 Å². The van der Waals surface area contributed by atoms with E-state index in [-0.39, 0.29) is 17.4 Å². The molecule has 7 heteroatoms. The Labute approximate surface area is 151 Å². The van der Waals surface area contributed by atoms with Crippen LogP contribution in [0.4, 0.5) is 5.69 Å². The first-order valence-corrected chi connectivity index (χ1v) is 8.53. The van der Waals surface area contributed by atoms with Gasteiger partial charge in [-0.3, -0.25) is 19.8 Å². The number of nitro groups is 1. The predicted molar refractivity (Wildman–Crippen MR) is 96.9 cm³/mol. The Hall–Kier alpha value is -2.77. The molecule has 1 fully saturated rings. The van der Waals surface area contributed by atoms with Gasteiger partial charge in [-0.25, -0.2) is 0 Å². The third-order valence-corrected chi connectivity index (χ3v) is 4.31. The van der Waals surface area contributed by atoms with E-state index < -0.39 is 10.8 Å². The van der Waals surface area contributed by atoms with Gasteiger partial charge in [0.1, 0.15) is 5.56 Å². The molecule has 1 heterocycles. The summed E-state index contributed by atoms with van der Waals surface area (Å²) in [6.45, 7) is 3.28. The molecular weight excluding hydrogens is 334 g/mol. The zero-order valence-corrected chi connectivity index (χ0v) is 14.3. The lowest BCUT2D eigenvalue weighted by atomic mass is 10.1. The summed E-state index contributed by atoms with van der Waals surface area (Å²) < 4.78 is 5.72. The number of ether oxygens (including phenoxy) is 1. The normalized spacial score (nSPS) is 17.6. The molecule has 0 bridgehead atoms. The lowest BCUT2D eigenvalue weighted by Crippen LogP contribution is -2.47. The molecule has 1 amide bonds. The first-order valence-electron chi connectivity index (χ1n) is 8.53. The molecule has 1 aliphatic rings. The molecule has 0 aromatic heterocycles. The van der Waals surface area contributed by atoms with Crippen molar-refractivity contribution in [2.24, 2.45) is 0 Å². The summed E-state index contributed by atoms with van der Waals surface area (Å²) in [6, 6.07) is 16.1. The van der Waals surface area contributed by atoms with E-state index in [0.29, 0.717) is 19.7 Å². The third-order valence-electron chi connectivity index (χ3n) is 4.31.